The molecule has 0 unspecified atom stereocenters. The lowest BCUT2D eigenvalue weighted by molar-refractivity contribution is 1.23. The molecule has 2 aromatic rings. The number of rotatable bonds is 1. The van der Waals surface area contributed by atoms with E-state index in [1.165, 1.54) is 6.07 Å². The molecular weight excluding hydrogens is 164 g/mol. The van der Waals surface area contributed by atoms with Gasteiger partial charge in [0, 0.05) is 30.2 Å². The summed E-state index contributed by atoms with van der Waals surface area (Å²) in [5.74, 6) is 0. The third kappa shape index (κ3) is 1.64. The van der Waals surface area contributed by atoms with Crippen LogP contribution in [0, 0.1) is 0 Å². The Labute approximate surface area is 75.1 Å². The van der Waals surface area contributed by atoms with Crippen LogP contribution >= 0.6 is 0 Å². The van der Waals surface area contributed by atoms with Crippen LogP contribution in [0.25, 0.3) is 11.1 Å². The van der Waals surface area contributed by atoms with Gasteiger partial charge in [-0.05, 0) is 17.7 Å². The molecule has 1 N–H and O–H groups in total. The van der Waals surface area contributed by atoms with Gasteiger partial charge in [0.15, 0.2) is 0 Å². The highest BCUT2D eigenvalue weighted by atomic mass is 16.1. The van der Waals surface area contributed by atoms with Crippen molar-refractivity contribution in [2.75, 3.05) is 0 Å². The van der Waals surface area contributed by atoms with E-state index < -0.39 is 0 Å². The second-order valence-corrected chi connectivity index (χ2v) is 2.68. The molecule has 13 heavy (non-hydrogen) atoms. The number of hydrogen-bond donors (Lipinski definition) is 1. The molecule has 2 aromatic heterocycles. The lowest BCUT2D eigenvalue weighted by atomic mass is 10.1. The van der Waals surface area contributed by atoms with Crippen molar-refractivity contribution in [3.8, 4) is 11.1 Å². The van der Waals surface area contributed by atoms with Crippen LogP contribution in [0.1, 0.15) is 0 Å². The fourth-order valence-corrected chi connectivity index (χ4v) is 1.12. The van der Waals surface area contributed by atoms with Crippen LogP contribution in [0.2, 0.25) is 0 Å². The Bertz CT molecular complexity index is 427. The molecular formula is C10H8N2O. The van der Waals surface area contributed by atoms with Gasteiger partial charge in [0.2, 0.25) is 5.56 Å². The first-order chi connectivity index (χ1) is 6.36. The van der Waals surface area contributed by atoms with Gasteiger partial charge in [-0.15, -0.1) is 0 Å². The molecule has 3 nitrogen and oxygen atoms in total. The third-order valence-electron chi connectivity index (χ3n) is 1.78. The highest BCUT2D eigenvalue weighted by Gasteiger charge is 1.94. The van der Waals surface area contributed by atoms with Crippen LogP contribution in [-0.2, 0) is 0 Å². The summed E-state index contributed by atoms with van der Waals surface area (Å²) in [4.78, 5) is 17.4. The lowest BCUT2D eigenvalue weighted by Gasteiger charge is -1.97. The average molecular weight is 172 g/mol. The van der Waals surface area contributed by atoms with Gasteiger partial charge < -0.3 is 4.98 Å². The molecule has 0 radical (unpaired) electrons. The fraction of sp³-hybridized carbons (Fsp3) is 0. The van der Waals surface area contributed by atoms with E-state index in [9.17, 15) is 4.79 Å². The Hall–Kier alpha value is -1.90. The van der Waals surface area contributed by atoms with Crippen LogP contribution in [0.4, 0.5) is 0 Å². The molecule has 0 atom stereocenters. The second kappa shape index (κ2) is 3.23. The highest BCUT2D eigenvalue weighted by molar-refractivity contribution is 5.60. The molecule has 3 heteroatoms. The number of hydrogen-bond acceptors (Lipinski definition) is 2. The van der Waals surface area contributed by atoms with E-state index in [1.807, 2.05) is 12.1 Å². The minimum Gasteiger partial charge on any atom is -0.328 e. The number of nitrogens with one attached hydrogen (secondary N) is 1. The smallest absolute Gasteiger partial charge is 0.247 e. The average Bonchev–Trinajstić information content (AvgIpc) is 2.20. The number of aromatic amines is 1. The van der Waals surface area contributed by atoms with Gasteiger partial charge in [0.1, 0.15) is 0 Å². The van der Waals surface area contributed by atoms with Gasteiger partial charge in [0.05, 0.1) is 0 Å². The highest BCUT2D eigenvalue weighted by Crippen LogP contribution is 2.14. The van der Waals surface area contributed by atoms with Crippen molar-refractivity contribution < 1.29 is 0 Å². The Morgan fingerprint density at radius 1 is 1.15 bits per heavy atom. The van der Waals surface area contributed by atoms with Crippen molar-refractivity contribution in [3.05, 3.63) is 53.2 Å². The first-order valence-corrected chi connectivity index (χ1v) is 3.95. The molecule has 2 heterocycles. The van der Waals surface area contributed by atoms with Crippen LogP contribution < -0.4 is 5.56 Å². The zero-order valence-corrected chi connectivity index (χ0v) is 6.90. The lowest BCUT2D eigenvalue weighted by Crippen LogP contribution is -2.01. The Balaban J connectivity index is 2.48. The van der Waals surface area contributed by atoms with E-state index in [1.54, 1.807) is 24.7 Å². The van der Waals surface area contributed by atoms with Crippen molar-refractivity contribution in [2.45, 2.75) is 0 Å². The largest absolute Gasteiger partial charge is 0.328 e. The Morgan fingerprint density at radius 3 is 2.69 bits per heavy atom. The summed E-state index contributed by atoms with van der Waals surface area (Å²) in [6, 6.07) is 7.08. The molecule has 0 aliphatic heterocycles. The van der Waals surface area contributed by atoms with E-state index in [0.29, 0.717) is 0 Å². The SMILES string of the molecule is O=c1ccc(-c2cccnc2)c[nH]1. The first-order valence-electron chi connectivity index (χ1n) is 3.95. The van der Waals surface area contributed by atoms with E-state index >= 15 is 0 Å². The molecule has 0 saturated heterocycles. The van der Waals surface area contributed by atoms with Gasteiger partial charge in [-0.2, -0.15) is 0 Å². The standard InChI is InChI=1S/C10H8N2O/c13-10-4-3-9(7-12-10)8-2-1-5-11-6-8/h1-7H,(H,12,13). The molecule has 0 aliphatic carbocycles. The maximum atomic E-state index is 10.8. The predicted octanol–water partition coefficient (Wildman–Crippen LogP) is 1.44. The van der Waals surface area contributed by atoms with Crippen LogP contribution in [0.15, 0.2) is 47.7 Å². The fourth-order valence-electron chi connectivity index (χ4n) is 1.12. The summed E-state index contributed by atoms with van der Waals surface area (Å²) >= 11 is 0. The molecule has 64 valence electrons. The van der Waals surface area contributed by atoms with E-state index in [0.717, 1.165) is 11.1 Å². The monoisotopic (exact) mass is 172 g/mol. The maximum absolute atomic E-state index is 10.8. The van der Waals surface area contributed by atoms with Crippen molar-refractivity contribution in [2.24, 2.45) is 0 Å². The van der Waals surface area contributed by atoms with Crippen molar-refractivity contribution in [1.29, 1.82) is 0 Å². The molecule has 0 spiro atoms. The van der Waals surface area contributed by atoms with Gasteiger partial charge >= 0.3 is 0 Å². The zero-order chi connectivity index (χ0) is 9.10. The van der Waals surface area contributed by atoms with E-state index in [2.05, 4.69) is 9.97 Å². The second-order valence-electron chi connectivity index (χ2n) is 2.68. The number of nitrogens with zero attached hydrogens (tertiary/aromatic N) is 1. The minimum atomic E-state index is -0.0901. The number of H-pyrrole nitrogens is 1. The molecule has 0 bridgehead atoms. The van der Waals surface area contributed by atoms with Crippen LogP contribution in [-0.4, -0.2) is 9.97 Å². The van der Waals surface area contributed by atoms with Crippen molar-refractivity contribution in [1.82, 2.24) is 9.97 Å². The van der Waals surface area contributed by atoms with Gasteiger partial charge in [-0.25, -0.2) is 0 Å². The predicted molar refractivity (Wildman–Crippen MR) is 50.3 cm³/mol. The van der Waals surface area contributed by atoms with Gasteiger partial charge in [0.25, 0.3) is 0 Å². The van der Waals surface area contributed by atoms with Crippen molar-refractivity contribution in [3.63, 3.8) is 0 Å². The molecule has 0 saturated carbocycles. The quantitative estimate of drug-likeness (QED) is 0.707. The van der Waals surface area contributed by atoms with Crippen LogP contribution in [0.3, 0.4) is 0 Å². The topological polar surface area (TPSA) is 45.8 Å². The summed E-state index contributed by atoms with van der Waals surface area (Å²) in [5, 5.41) is 0. The Morgan fingerprint density at radius 2 is 2.08 bits per heavy atom. The maximum Gasteiger partial charge on any atom is 0.247 e. The molecule has 0 aliphatic rings. The van der Waals surface area contributed by atoms with Gasteiger partial charge in [-0.3, -0.25) is 9.78 Å². The first kappa shape index (κ1) is 7.73. The van der Waals surface area contributed by atoms with Crippen molar-refractivity contribution >= 4 is 0 Å². The molecule has 0 amide bonds. The number of pyridine rings is 2. The molecule has 2 rings (SSSR count). The normalized spacial score (nSPS) is 9.85. The summed E-state index contributed by atoms with van der Waals surface area (Å²) < 4.78 is 0. The minimum absolute atomic E-state index is 0.0901. The summed E-state index contributed by atoms with van der Waals surface area (Å²) in [6.45, 7) is 0. The summed E-state index contributed by atoms with van der Waals surface area (Å²) in [5.41, 5.74) is 1.87. The van der Waals surface area contributed by atoms with Gasteiger partial charge in [-0.1, -0.05) is 6.07 Å². The third-order valence-corrected chi connectivity index (χ3v) is 1.78. The molecule has 0 aromatic carbocycles. The zero-order valence-electron chi connectivity index (χ0n) is 6.90. The molecule has 0 fully saturated rings. The number of aromatic nitrogens is 2. The van der Waals surface area contributed by atoms with Crippen LogP contribution in [0.5, 0.6) is 0 Å². The summed E-state index contributed by atoms with van der Waals surface area (Å²) in [7, 11) is 0. The summed E-state index contributed by atoms with van der Waals surface area (Å²) in [6.07, 6.45) is 5.15. The van der Waals surface area contributed by atoms with E-state index in [4.69, 9.17) is 0 Å². The van der Waals surface area contributed by atoms with E-state index in [-0.39, 0.29) is 5.56 Å². The Kier molecular flexibility index (Phi) is 1.92.